The normalized spacial score (nSPS) is 13.4. The molecule has 0 aliphatic rings. The van der Waals surface area contributed by atoms with E-state index in [0.717, 1.165) is 19.4 Å². The summed E-state index contributed by atoms with van der Waals surface area (Å²) in [5.74, 6) is 0. The van der Waals surface area contributed by atoms with Gasteiger partial charge in [0, 0.05) is 6.61 Å². The van der Waals surface area contributed by atoms with Crippen LogP contribution in [0.2, 0.25) is 0 Å². The summed E-state index contributed by atoms with van der Waals surface area (Å²) < 4.78 is 11.2. The van der Waals surface area contributed by atoms with Crippen molar-refractivity contribution in [3.63, 3.8) is 0 Å². The zero-order valence-electron chi connectivity index (χ0n) is 11.2. The van der Waals surface area contributed by atoms with Crippen LogP contribution in [0.25, 0.3) is 0 Å². The van der Waals surface area contributed by atoms with Gasteiger partial charge in [-0.3, -0.25) is 0 Å². The highest BCUT2D eigenvalue weighted by Crippen LogP contribution is 2.08. The van der Waals surface area contributed by atoms with Gasteiger partial charge in [-0.15, -0.1) is 0 Å². The average molecular weight is 228 g/mol. The lowest BCUT2D eigenvalue weighted by Gasteiger charge is -2.16. The lowest BCUT2D eigenvalue weighted by atomic mass is 10.2. The van der Waals surface area contributed by atoms with Gasteiger partial charge in [-0.1, -0.05) is 45.3 Å². The monoisotopic (exact) mass is 228 g/mol. The Hall–Kier alpha value is -0.340. The quantitative estimate of drug-likeness (QED) is 0.298. The summed E-state index contributed by atoms with van der Waals surface area (Å²) >= 11 is 0. The number of allylic oxidation sites excluding steroid dienone is 1. The third-order valence-electron chi connectivity index (χ3n) is 2.40. The fourth-order valence-corrected chi connectivity index (χ4v) is 1.48. The van der Waals surface area contributed by atoms with Gasteiger partial charge in [-0.25, -0.2) is 0 Å². The molecule has 2 nitrogen and oxygen atoms in total. The molecular weight excluding hydrogens is 200 g/mol. The second-order valence-electron chi connectivity index (χ2n) is 3.97. The molecule has 0 aromatic heterocycles. The van der Waals surface area contributed by atoms with Gasteiger partial charge in [0.2, 0.25) is 0 Å². The van der Waals surface area contributed by atoms with E-state index in [1.54, 1.807) is 0 Å². The number of hydrogen-bond acceptors (Lipinski definition) is 2. The van der Waals surface area contributed by atoms with Crippen LogP contribution in [0.3, 0.4) is 0 Å². The highest BCUT2D eigenvalue weighted by Gasteiger charge is 2.06. The molecule has 0 aromatic carbocycles. The van der Waals surface area contributed by atoms with E-state index in [2.05, 4.69) is 26.0 Å². The van der Waals surface area contributed by atoms with E-state index in [-0.39, 0.29) is 6.29 Å². The fraction of sp³-hybridized carbons (Fsp3) is 0.857. The summed E-state index contributed by atoms with van der Waals surface area (Å²) in [4.78, 5) is 0. The second-order valence-corrected chi connectivity index (χ2v) is 3.97. The van der Waals surface area contributed by atoms with Gasteiger partial charge in [0.25, 0.3) is 0 Å². The topological polar surface area (TPSA) is 18.5 Å². The van der Waals surface area contributed by atoms with Crippen molar-refractivity contribution in [3.8, 4) is 0 Å². The maximum atomic E-state index is 5.67. The Morgan fingerprint density at radius 2 is 1.75 bits per heavy atom. The molecule has 0 aliphatic carbocycles. The largest absolute Gasteiger partial charge is 0.353 e. The Labute approximate surface area is 101 Å². The third kappa shape index (κ3) is 10.2. The molecule has 0 fully saturated rings. The van der Waals surface area contributed by atoms with Crippen LogP contribution in [0.5, 0.6) is 0 Å². The van der Waals surface area contributed by atoms with Crippen molar-refractivity contribution in [2.75, 3.05) is 13.2 Å². The molecular formula is C14H28O2. The molecule has 1 unspecified atom stereocenters. The molecule has 0 amide bonds. The Balaban J connectivity index is 3.58. The Morgan fingerprint density at radius 3 is 2.38 bits per heavy atom. The molecule has 0 aromatic rings. The number of unbranched alkanes of at least 4 members (excludes halogenated alkanes) is 3. The standard InChI is InChI=1S/C14H28O2/c1-4-7-9-11-13-16-14(15-6-3)12-10-8-5-2/h9,11,14H,4-8,10,12-13H2,1-3H3/b11-9+. The van der Waals surface area contributed by atoms with Gasteiger partial charge >= 0.3 is 0 Å². The van der Waals surface area contributed by atoms with Crippen LogP contribution >= 0.6 is 0 Å². The molecule has 0 bridgehead atoms. The Bertz CT molecular complexity index is 155. The van der Waals surface area contributed by atoms with Crippen molar-refractivity contribution in [2.24, 2.45) is 0 Å². The van der Waals surface area contributed by atoms with Crippen molar-refractivity contribution in [2.45, 2.75) is 65.6 Å². The van der Waals surface area contributed by atoms with E-state index < -0.39 is 0 Å². The van der Waals surface area contributed by atoms with Crippen molar-refractivity contribution in [3.05, 3.63) is 12.2 Å². The van der Waals surface area contributed by atoms with Crippen LogP contribution in [-0.2, 0) is 9.47 Å². The van der Waals surface area contributed by atoms with Crippen LogP contribution in [0.1, 0.15) is 59.3 Å². The number of rotatable bonds is 11. The van der Waals surface area contributed by atoms with E-state index >= 15 is 0 Å². The number of hydrogen-bond donors (Lipinski definition) is 0. The summed E-state index contributed by atoms with van der Waals surface area (Å²) in [7, 11) is 0. The molecule has 0 spiro atoms. The summed E-state index contributed by atoms with van der Waals surface area (Å²) in [6.45, 7) is 7.82. The molecule has 0 rings (SSSR count). The van der Waals surface area contributed by atoms with Crippen LogP contribution in [0.15, 0.2) is 12.2 Å². The maximum absolute atomic E-state index is 5.67. The van der Waals surface area contributed by atoms with Crippen molar-refractivity contribution in [1.29, 1.82) is 0 Å². The lowest BCUT2D eigenvalue weighted by Crippen LogP contribution is -2.17. The highest BCUT2D eigenvalue weighted by atomic mass is 16.7. The molecule has 96 valence electrons. The second kappa shape index (κ2) is 12.7. The van der Waals surface area contributed by atoms with Crippen LogP contribution in [-0.4, -0.2) is 19.5 Å². The van der Waals surface area contributed by atoms with Gasteiger partial charge in [0.15, 0.2) is 6.29 Å². The van der Waals surface area contributed by atoms with Crippen molar-refractivity contribution in [1.82, 2.24) is 0 Å². The minimum atomic E-state index is -0.0113. The summed E-state index contributed by atoms with van der Waals surface area (Å²) in [6.07, 6.45) is 11.3. The van der Waals surface area contributed by atoms with E-state index in [1.165, 1.54) is 25.7 Å². The average Bonchev–Trinajstić information content (AvgIpc) is 2.29. The Kier molecular flexibility index (Phi) is 12.5. The first-order valence-electron chi connectivity index (χ1n) is 6.73. The Morgan fingerprint density at radius 1 is 0.938 bits per heavy atom. The molecule has 0 radical (unpaired) electrons. The van der Waals surface area contributed by atoms with Crippen molar-refractivity contribution >= 4 is 0 Å². The summed E-state index contributed by atoms with van der Waals surface area (Å²) in [5.41, 5.74) is 0. The lowest BCUT2D eigenvalue weighted by molar-refractivity contribution is -0.135. The molecule has 0 heterocycles. The van der Waals surface area contributed by atoms with Crippen molar-refractivity contribution < 1.29 is 9.47 Å². The van der Waals surface area contributed by atoms with Crippen LogP contribution < -0.4 is 0 Å². The molecule has 16 heavy (non-hydrogen) atoms. The van der Waals surface area contributed by atoms with Crippen LogP contribution in [0.4, 0.5) is 0 Å². The maximum Gasteiger partial charge on any atom is 0.157 e. The minimum Gasteiger partial charge on any atom is -0.353 e. The number of ether oxygens (including phenoxy) is 2. The first kappa shape index (κ1) is 15.7. The van der Waals surface area contributed by atoms with Crippen LogP contribution in [0, 0.1) is 0 Å². The fourth-order valence-electron chi connectivity index (χ4n) is 1.48. The molecule has 0 saturated heterocycles. The van der Waals surface area contributed by atoms with Gasteiger partial charge < -0.3 is 9.47 Å². The molecule has 0 saturated carbocycles. The van der Waals surface area contributed by atoms with E-state index in [0.29, 0.717) is 6.61 Å². The van der Waals surface area contributed by atoms with Gasteiger partial charge in [-0.05, 0) is 26.2 Å². The predicted molar refractivity (Wildman–Crippen MR) is 69.6 cm³/mol. The van der Waals surface area contributed by atoms with E-state index in [1.807, 2.05) is 6.92 Å². The SMILES string of the molecule is CCC/C=C/COC(CCCCC)OCC. The molecule has 2 heteroatoms. The van der Waals surface area contributed by atoms with E-state index in [9.17, 15) is 0 Å². The molecule has 0 N–H and O–H groups in total. The summed E-state index contributed by atoms with van der Waals surface area (Å²) in [6, 6.07) is 0. The molecule has 0 aliphatic heterocycles. The highest BCUT2D eigenvalue weighted by molar-refractivity contribution is 4.80. The molecule has 1 atom stereocenters. The predicted octanol–water partition coefficient (Wildman–Crippen LogP) is 4.30. The minimum absolute atomic E-state index is 0.0113. The smallest absolute Gasteiger partial charge is 0.157 e. The van der Waals surface area contributed by atoms with Gasteiger partial charge in [-0.2, -0.15) is 0 Å². The van der Waals surface area contributed by atoms with Gasteiger partial charge in [0.05, 0.1) is 6.61 Å². The third-order valence-corrected chi connectivity index (χ3v) is 2.40. The van der Waals surface area contributed by atoms with Gasteiger partial charge in [0.1, 0.15) is 0 Å². The zero-order valence-corrected chi connectivity index (χ0v) is 11.2. The first-order valence-corrected chi connectivity index (χ1v) is 6.73. The van der Waals surface area contributed by atoms with E-state index in [4.69, 9.17) is 9.47 Å². The first-order chi connectivity index (χ1) is 7.85. The zero-order chi connectivity index (χ0) is 12.1. The summed E-state index contributed by atoms with van der Waals surface area (Å²) in [5, 5.41) is 0.